The number of nitrogens with two attached hydrogens (primary N) is 1. The molecule has 0 radical (unpaired) electrons. The second kappa shape index (κ2) is 5.20. The molecule has 16 heavy (non-hydrogen) atoms. The molecule has 0 aliphatic heterocycles. The Morgan fingerprint density at radius 3 is 3.00 bits per heavy atom. The molecular weight excluding hydrogens is 244 g/mol. The first-order valence-electron chi connectivity index (χ1n) is 4.63. The number of ether oxygens (including phenoxy) is 1. The van der Waals surface area contributed by atoms with Crippen molar-refractivity contribution in [1.29, 1.82) is 0 Å². The molecule has 2 rings (SSSR count). The highest BCUT2D eigenvalue weighted by Crippen LogP contribution is 2.13. The van der Waals surface area contributed by atoms with Crippen molar-refractivity contribution in [2.75, 3.05) is 0 Å². The summed E-state index contributed by atoms with van der Waals surface area (Å²) >= 11 is 2.92. The predicted molar refractivity (Wildman–Crippen MR) is 63.4 cm³/mol. The average Bonchev–Trinajstić information content (AvgIpc) is 2.96. The van der Waals surface area contributed by atoms with Crippen LogP contribution >= 0.6 is 22.7 Å². The summed E-state index contributed by atoms with van der Waals surface area (Å²) < 4.78 is 5.11. The molecule has 0 saturated carbocycles. The Bertz CT molecular complexity index is 465. The van der Waals surface area contributed by atoms with Gasteiger partial charge in [-0.2, -0.15) is 0 Å². The van der Waals surface area contributed by atoms with Crippen LogP contribution in [0.4, 0.5) is 0 Å². The zero-order valence-corrected chi connectivity index (χ0v) is 10.0. The molecule has 0 aliphatic rings. The smallest absolute Gasteiger partial charge is 0.358 e. The molecular formula is C10H10N2O2S2. The third-order valence-corrected chi connectivity index (χ3v) is 3.58. The molecule has 0 saturated heterocycles. The van der Waals surface area contributed by atoms with Crippen molar-refractivity contribution in [3.63, 3.8) is 0 Å². The van der Waals surface area contributed by atoms with Crippen LogP contribution in [0.5, 0.6) is 0 Å². The molecule has 84 valence electrons. The molecule has 0 atom stereocenters. The van der Waals surface area contributed by atoms with Crippen LogP contribution in [0.3, 0.4) is 0 Å². The van der Waals surface area contributed by atoms with Crippen LogP contribution < -0.4 is 5.73 Å². The summed E-state index contributed by atoms with van der Waals surface area (Å²) in [7, 11) is 0. The fourth-order valence-electron chi connectivity index (χ4n) is 1.10. The van der Waals surface area contributed by atoms with Crippen LogP contribution in [0.15, 0.2) is 22.9 Å². The van der Waals surface area contributed by atoms with Gasteiger partial charge in [-0.15, -0.1) is 22.7 Å². The fraction of sp³-hybridized carbons (Fsp3) is 0.200. The number of rotatable bonds is 4. The van der Waals surface area contributed by atoms with Gasteiger partial charge in [-0.1, -0.05) is 6.07 Å². The molecule has 2 N–H and O–H groups in total. The van der Waals surface area contributed by atoms with Gasteiger partial charge in [-0.3, -0.25) is 0 Å². The average molecular weight is 254 g/mol. The maximum Gasteiger partial charge on any atom is 0.358 e. The number of esters is 1. The number of thiazole rings is 1. The first-order chi connectivity index (χ1) is 7.79. The van der Waals surface area contributed by atoms with Crippen molar-refractivity contribution < 1.29 is 9.53 Å². The third kappa shape index (κ3) is 2.66. The number of aromatic nitrogens is 1. The maximum atomic E-state index is 11.6. The lowest BCUT2D eigenvalue weighted by atomic mass is 10.5. The van der Waals surface area contributed by atoms with Crippen molar-refractivity contribution in [3.8, 4) is 0 Å². The second-order valence-electron chi connectivity index (χ2n) is 2.99. The SMILES string of the molecule is NCc1nc(C(=O)OCc2cccs2)cs1. The van der Waals surface area contributed by atoms with E-state index in [0.717, 1.165) is 9.88 Å². The van der Waals surface area contributed by atoms with Crippen molar-refractivity contribution in [1.82, 2.24) is 4.98 Å². The van der Waals surface area contributed by atoms with E-state index in [1.54, 1.807) is 16.7 Å². The Morgan fingerprint density at radius 1 is 1.50 bits per heavy atom. The molecule has 2 aromatic heterocycles. The second-order valence-corrected chi connectivity index (χ2v) is 4.96. The monoisotopic (exact) mass is 254 g/mol. The molecule has 0 aliphatic carbocycles. The largest absolute Gasteiger partial charge is 0.455 e. The number of carbonyl (C=O) groups is 1. The Morgan fingerprint density at radius 2 is 2.38 bits per heavy atom. The molecule has 0 unspecified atom stereocenters. The molecule has 2 aromatic rings. The van der Waals surface area contributed by atoms with Gasteiger partial charge in [-0.05, 0) is 11.4 Å². The molecule has 0 aromatic carbocycles. The zero-order chi connectivity index (χ0) is 11.4. The van der Waals surface area contributed by atoms with Crippen LogP contribution in [-0.4, -0.2) is 11.0 Å². The highest BCUT2D eigenvalue weighted by Gasteiger charge is 2.11. The van der Waals surface area contributed by atoms with E-state index in [4.69, 9.17) is 10.5 Å². The standard InChI is InChI=1S/C10H10N2O2S2/c11-4-9-12-8(6-16-9)10(13)14-5-7-2-1-3-15-7/h1-3,6H,4-5,11H2. The van der Waals surface area contributed by atoms with Crippen LogP contribution in [-0.2, 0) is 17.9 Å². The van der Waals surface area contributed by atoms with E-state index in [9.17, 15) is 4.79 Å². The topological polar surface area (TPSA) is 65.2 Å². The number of hydrogen-bond acceptors (Lipinski definition) is 6. The Labute approximate surface area is 101 Å². The predicted octanol–water partition coefficient (Wildman–Crippen LogP) is 2.02. The molecule has 6 heteroatoms. The fourth-order valence-corrected chi connectivity index (χ4v) is 2.36. The lowest BCUT2D eigenvalue weighted by Crippen LogP contribution is -2.05. The molecule has 4 nitrogen and oxygen atoms in total. The maximum absolute atomic E-state index is 11.6. The molecule has 0 bridgehead atoms. The van der Waals surface area contributed by atoms with Gasteiger partial charge < -0.3 is 10.5 Å². The first kappa shape index (κ1) is 11.3. The summed E-state index contributed by atoms with van der Waals surface area (Å²) in [4.78, 5) is 16.6. The third-order valence-electron chi connectivity index (χ3n) is 1.86. The highest BCUT2D eigenvalue weighted by molar-refractivity contribution is 7.10. The quantitative estimate of drug-likeness (QED) is 0.848. The molecule has 0 fully saturated rings. The van der Waals surface area contributed by atoms with Gasteiger partial charge >= 0.3 is 5.97 Å². The van der Waals surface area contributed by atoms with Gasteiger partial charge in [0.2, 0.25) is 0 Å². The Kier molecular flexibility index (Phi) is 3.66. The van der Waals surface area contributed by atoms with E-state index in [1.807, 2.05) is 17.5 Å². The van der Waals surface area contributed by atoms with Crippen LogP contribution in [0.1, 0.15) is 20.4 Å². The molecule has 0 amide bonds. The normalized spacial score (nSPS) is 10.3. The summed E-state index contributed by atoms with van der Waals surface area (Å²) in [6.45, 7) is 0.648. The molecule has 2 heterocycles. The summed E-state index contributed by atoms with van der Waals surface area (Å²) in [6, 6.07) is 3.84. The van der Waals surface area contributed by atoms with Gasteiger partial charge in [0.25, 0.3) is 0 Å². The molecule has 0 spiro atoms. The van der Waals surface area contributed by atoms with Gasteiger partial charge in [0.1, 0.15) is 11.6 Å². The van der Waals surface area contributed by atoms with E-state index >= 15 is 0 Å². The van der Waals surface area contributed by atoms with E-state index < -0.39 is 5.97 Å². The van der Waals surface area contributed by atoms with Crippen molar-refractivity contribution in [3.05, 3.63) is 38.5 Å². The summed E-state index contributed by atoms with van der Waals surface area (Å²) in [6.07, 6.45) is 0. The minimum Gasteiger partial charge on any atom is -0.455 e. The minimum atomic E-state index is -0.399. The number of hydrogen-bond donors (Lipinski definition) is 1. The lowest BCUT2D eigenvalue weighted by Gasteiger charge is -1.99. The number of nitrogens with zero attached hydrogens (tertiary/aromatic N) is 1. The number of carbonyl (C=O) groups excluding carboxylic acids is 1. The van der Waals surface area contributed by atoms with Crippen LogP contribution in [0.25, 0.3) is 0 Å². The summed E-state index contributed by atoms with van der Waals surface area (Å²) in [5, 5.41) is 4.35. The Balaban J connectivity index is 1.93. The van der Waals surface area contributed by atoms with E-state index in [0.29, 0.717) is 18.8 Å². The van der Waals surface area contributed by atoms with Crippen molar-refractivity contribution in [2.24, 2.45) is 5.73 Å². The van der Waals surface area contributed by atoms with Crippen LogP contribution in [0, 0.1) is 0 Å². The van der Waals surface area contributed by atoms with Gasteiger partial charge in [-0.25, -0.2) is 9.78 Å². The van der Waals surface area contributed by atoms with Gasteiger partial charge in [0.15, 0.2) is 5.69 Å². The van der Waals surface area contributed by atoms with Crippen LogP contribution in [0.2, 0.25) is 0 Å². The van der Waals surface area contributed by atoms with Gasteiger partial charge in [0.05, 0.1) is 0 Å². The summed E-state index contributed by atoms with van der Waals surface area (Å²) in [5.41, 5.74) is 5.75. The Hall–Kier alpha value is -1.24. The first-order valence-corrected chi connectivity index (χ1v) is 6.39. The van der Waals surface area contributed by atoms with E-state index in [-0.39, 0.29) is 0 Å². The zero-order valence-electron chi connectivity index (χ0n) is 8.38. The van der Waals surface area contributed by atoms with E-state index in [1.165, 1.54) is 11.3 Å². The minimum absolute atomic E-state index is 0.298. The van der Waals surface area contributed by atoms with Crippen molar-refractivity contribution in [2.45, 2.75) is 13.2 Å². The lowest BCUT2D eigenvalue weighted by molar-refractivity contribution is 0.0470. The van der Waals surface area contributed by atoms with Gasteiger partial charge in [0, 0.05) is 16.8 Å². The summed E-state index contributed by atoms with van der Waals surface area (Å²) in [5.74, 6) is -0.399. The number of thiophene rings is 1. The van der Waals surface area contributed by atoms with E-state index in [2.05, 4.69) is 4.98 Å². The highest BCUT2D eigenvalue weighted by atomic mass is 32.1. The van der Waals surface area contributed by atoms with Crippen molar-refractivity contribution >= 4 is 28.6 Å².